The molecule has 1 atom stereocenters. The topological polar surface area (TPSA) is 70.0 Å². The maximum atomic E-state index is 13.7. The minimum atomic E-state index is -0.380. The Morgan fingerprint density at radius 2 is 1.67 bits per heavy atom. The molecule has 0 aliphatic rings. The van der Waals surface area contributed by atoms with Gasteiger partial charge in [0.2, 0.25) is 5.43 Å². The first-order valence-electron chi connectivity index (χ1n) is 9.70. The molecule has 0 amide bonds. The van der Waals surface area contributed by atoms with Crippen molar-refractivity contribution in [2.45, 2.75) is 13.0 Å². The van der Waals surface area contributed by atoms with Crippen molar-refractivity contribution in [3.63, 3.8) is 0 Å². The highest BCUT2D eigenvalue weighted by Crippen LogP contribution is 2.26. The highest BCUT2D eigenvalue weighted by atomic mass is 16.3. The number of fused-ring (bicyclic) bond motifs is 2. The van der Waals surface area contributed by atoms with Crippen LogP contribution in [0.15, 0.2) is 87.0 Å². The fourth-order valence-electron chi connectivity index (χ4n) is 3.99. The van der Waals surface area contributed by atoms with Crippen LogP contribution in [0.4, 0.5) is 0 Å². The molecule has 0 N–H and O–H groups in total. The Kier molecular flexibility index (Phi) is 4.13. The molecule has 6 heteroatoms. The SMILES string of the molecule is C[C@H](c1ccccc1)n1c(-c2ccco2)nc2c(c(=O)c3ccccc3n2C)c1=O. The summed E-state index contributed by atoms with van der Waals surface area (Å²) in [5.74, 6) is 0.858. The van der Waals surface area contributed by atoms with E-state index in [1.165, 1.54) is 0 Å². The molecule has 0 fully saturated rings. The Balaban J connectivity index is 1.96. The van der Waals surface area contributed by atoms with Crippen molar-refractivity contribution in [2.24, 2.45) is 7.05 Å². The summed E-state index contributed by atoms with van der Waals surface area (Å²) in [6, 6.07) is 20.1. The van der Waals surface area contributed by atoms with Crippen LogP contribution >= 0.6 is 0 Å². The summed E-state index contributed by atoms with van der Waals surface area (Å²) in [5, 5.41) is 0.574. The average Bonchev–Trinajstić information content (AvgIpc) is 3.32. The summed E-state index contributed by atoms with van der Waals surface area (Å²) < 4.78 is 8.94. The zero-order valence-electron chi connectivity index (χ0n) is 16.6. The Labute approximate surface area is 171 Å². The molecule has 3 aromatic heterocycles. The lowest BCUT2D eigenvalue weighted by molar-refractivity contribution is 0.551. The normalized spacial score (nSPS) is 12.5. The molecule has 0 unspecified atom stereocenters. The number of aryl methyl sites for hydroxylation is 1. The van der Waals surface area contributed by atoms with Gasteiger partial charge >= 0.3 is 0 Å². The van der Waals surface area contributed by atoms with E-state index in [9.17, 15) is 9.59 Å². The van der Waals surface area contributed by atoms with Gasteiger partial charge in [-0.15, -0.1) is 0 Å². The second kappa shape index (κ2) is 6.84. The van der Waals surface area contributed by atoms with E-state index in [0.717, 1.165) is 11.1 Å². The van der Waals surface area contributed by atoms with Gasteiger partial charge in [0, 0.05) is 12.4 Å². The first kappa shape index (κ1) is 18.1. The predicted molar refractivity (Wildman–Crippen MR) is 117 cm³/mol. The van der Waals surface area contributed by atoms with Gasteiger partial charge in [-0.1, -0.05) is 42.5 Å². The van der Waals surface area contributed by atoms with Gasteiger partial charge in [0.1, 0.15) is 5.39 Å². The van der Waals surface area contributed by atoms with Gasteiger partial charge in [-0.3, -0.25) is 14.2 Å². The van der Waals surface area contributed by atoms with E-state index in [4.69, 9.17) is 9.40 Å². The molecule has 0 saturated carbocycles. The number of nitrogens with zero attached hydrogens (tertiary/aromatic N) is 3. The fraction of sp³-hybridized carbons (Fsp3) is 0.125. The molecule has 5 aromatic rings. The third-order valence-electron chi connectivity index (χ3n) is 5.56. The van der Waals surface area contributed by atoms with E-state index in [2.05, 4.69) is 0 Å². The molecular formula is C24H19N3O3. The molecule has 2 aromatic carbocycles. The van der Waals surface area contributed by atoms with Crippen LogP contribution in [0.5, 0.6) is 0 Å². The van der Waals surface area contributed by atoms with Crippen molar-refractivity contribution in [2.75, 3.05) is 0 Å². The van der Waals surface area contributed by atoms with Crippen LogP contribution < -0.4 is 11.0 Å². The van der Waals surface area contributed by atoms with E-state index in [-0.39, 0.29) is 22.4 Å². The van der Waals surface area contributed by atoms with Crippen molar-refractivity contribution in [3.05, 3.63) is 99.1 Å². The Hall–Kier alpha value is -3.93. The molecule has 0 aliphatic heterocycles. The highest BCUT2D eigenvalue weighted by Gasteiger charge is 2.23. The van der Waals surface area contributed by atoms with Gasteiger partial charge in [-0.25, -0.2) is 4.98 Å². The molecule has 0 saturated heterocycles. The van der Waals surface area contributed by atoms with Crippen molar-refractivity contribution < 1.29 is 4.42 Å². The summed E-state index contributed by atoms with van der Waals surface area (Å²) in [4.78, 5) is 31.8. The summed E-state index contributed by atoms with van der Waals surface area (Å²) in [5.41, 5.74) is 1.31. The van der Waals surface area contributed by atoms with E-state index in [1.54, 1.807) is 39.7 Å². The number of benzene rings is 2. The summed E-state index contributed by atoms with van der Waals surface area (Å²) >= 11 is 0. The molecular weight excluding hydrogens is 378 g/mol. The van der Waals surface area contributed by atoms with E-state index in [0.29, 0.717) is 22.6 Å². The van der Waals surface area contributed by atoms with Gasteiger partial charge in [0.15, 0.2) is 17.2 Å². The molecule has 0 radical (unpaired) electrons. The summed E-state index contributed by atoms with van der Waals surface area (Å²) in [6.07, 6.45) is 1.54. The first-order valence-corrected chi connectivity index (χ1v) is 9.70. The Morgan fingerprint density at radius 3 is 2.40 bits per heavy atom. The van der Waals surface area contributed by atoms with Crippen molar-refractivity contribution >= 4 is 21.9 Å². The van der Waals surface area contributed by atoms with Crippen molar-refractivity contribution in [1.29, 1.82) is 0 Å². The summed E-state index contributed by atoms with van der Waals surface area (Å²) in [6.45, 7) is 1.92. The number of aromatic nitrogens is 3. The second-order valence-corrected chi connectivity index (χ2v) is 7.28. The zero-order valence-corrected chi connectivity index (χ0v) is 16.6. The molecule has 6 nitrogen and oxygen atoms in total. The van der Waals surface area contributed by atoms with Crippen LogP contribution in [0.25, 0.3) is 33.5 Å². The van der Waals surface area contributed by atoms with Gasteiger partial charge in [-0.2, -0.15) is 0 Å². The molecule has 30 heavy (non-hydrogen) atoms. The Bertz CT molecular complexity index is 1500. The standard InChI is InChI=1S/C24H19N3O3/c1-15(16-9-4-3-5-10-16)27-22(19-13-8-14-30-19)25-23-20(24(27)29)21(28)17-11-6-7-12-18(17)26(23)2/h3-15H,1-2H3/t15-/m1/s1. The number of furan rings is 1. The van der Waals surface area contributed by atoms with Crippen LogP contribution in [-0.2, 0) is 7.05 Å². The number of hydrogen-bond donors (Lipinski definition) is 0. The lowest BCUT2D eigenvalue weighted by Gasteiger charge is -2.20. The fourth-order valence-corrected chi connectivity index (χ4v) is 3.99. The predicted octanol–water partition coefficient (Wildman–Crippen LogP) is 4.12. The zero-order chi connectivity index (χ0) is 20.8. The van der Waals surface area contributed by atoms with Crippen LogP contribution in [0.2, 0.25) is 0 Å². The lowest BCUT2D eigenvalue weighted by Crippen LogP contribution is -2.31. The number of rotatable bonds is 3. The van der Waals surface area contributed by atoms with Gasteiger partial charge in [-0.05, 0) is 36.8 Å². The molecule has 5 rings (SSSR count). The maximum absolute atomic E-state index is 13.7. The van der Waals surface area contributed by atoms with Crippen molar-refractivity contribution in [1.82, 2.24) is 14.1 Å². The van der Waals surface area contributed by atoms with E-state index in [1.807, 2.05) is 56.4 Å². The smallest absolute Gasteiger partial charge is 0.267 e. The minimum absolute atomic E-state index is 0.0780. The second-order valence-electron chi connectivity index (χ2n) is 7.28. The van der Waals surface area contributed by atoms with Crippen LogP contribution in [0.3, 0.4) is 0 Å². The number of pyridine rings is 1. The van der Waals surface area contributed by atoms with E-state index >= 15 is 0 Å². The molecule has 0 bridgehead atoms. The highest BCUT2D eigenvalue weighted by molar-refractivity contribution is 5.91. The third-order valence-corrected chi connectivity index (χ3v) is 5.56. The minimum Gasteiger partial charge on any atom is -0.461 e. The molecule has 148 valence electrons. The molecule has 3 heterocycles. The van der Waals surface area contributed by atoms with Gasteiger partial charge in [0.05, 0.1) is 17.8 Å². The number of hydrogen-bond acceptors (Lipinski definition) is 4. The van der Waals surface area contributed by atoms with Crippen LogP contribution in [0.1, 0.15) is 18.5 Å². The number of para-hydroxylation sites is 1. The van der Waals surface area contributed by atoms with E-state index < -0.39 is 0 Å². The van der Waals surface area contributed by atoms with Crippen LogP contribution in [0, 0.1) is 0 Å². The first-order chi connectivity index (χ1) is 14.6. The summed E-state index contributed by atoms with van der Waals surface area (Å²) in [7, 11) is 1.81. The average molecular weight is 397 g/mol. The van der Waals surface area contributed by atoms with Gasteiger partial charge in [0.25, 0.3) is 5.56 Å². The largest absolute Gasteiger partial charge is 0.461 e. The molecule has 0 aliphatic carbocycles. The Morgan fingerprint density at radius 1 is 0.933 bits per heavy atom. The quantitative estimate of drug-likeness (QED) is 0.430. The maximum Gasteiger partial charge on any atom is 0.267 e. The molecule has 0 spiro atoms. The third kappa shape index (κ3) is 2.61. The van der Waals surface area contributed by atoms with Crippen molar-refractivity contribution in [3.8, 4) is 11.6 Å². The lowest BCUT2D eigenvalue weighted by atomic mass is 10.1. The van der Waals surface area contributed by atoms with Crippen LogP contribution in [-0.4, -0.2) is 14.1 Å². The monoisotopic (exact) mass is 397 g/mol. The van der Waals surface area contributed by atoms with Gasteiger partial charge < -0.3 is 8.98 Å².